The molecule has 1 aliphatic carbocycles. The van der Waals surface area contributed by atoms with Gasteiger partial charge in [0, 0.05) is 24.8 Å². The van der Waals surface area contributed by atoms with Gasteiger partial charge in [-0.15, -0.1) is 10.2 Å². The van der Waals surface area contributed by atoms with Crippen molar-refractivity contribution in [2.24, 2.45) is 0 Å². The number of halogens is 1. The Morgan fingerprint density at radius 3 is 2.65 bits per heavy atom. The summed E-state index contributed by atoms with van der Waals surface area (Å²) in [6.07, 6.45) is 4.16. The Morgan fingerprint density at radius 1 is 1.19 bits per heavy atom. The van der Waals surface area contributed by atoms with Crippen molar-refractivity contribution in [3.05, 3.63) is 41.2 Å². The normalized spacial score (nSPS) is 15.6. The molecule has 1 aromatic heterocycles. The molecule has 1 fully saturated rings. The summed E-state index contributed by atoms with van der Waals surface area (Å²) < 4.78 is 13.6. The van der Waals surface area contributed by atoms with Gasteiger partial charge in [0.05, 0.1) is 0 Å². The van der Waals surface area contributed by atoms with E-state index in [0.717, 1.165) is 31.2 Å². The zero-order chi connectivity index (χ0) is 18.4. The van der Waals surface area contributed by atoms with Crippen LogP contribution < -0.4 is 10.6 Å². The van der Waals surface area contributed by atoms with Gasteiger partial charge >= 0.3 is 0 Å². The zero-order valence-electron chi connectivity index (χ0n) is 14.3. The van der Waals surface area contributed by atoms with Crippen LogP contribution in [0.4, 0.5) is 9.52 Å². The summed E-state index contributed by atoms with van der Waals surface area (Å²) in [4.78, 5) is 24.0. The lowest BCUT2D eigenvalue weighted by Gasteiger charge is -2.30. The highest BCUT2D eigenvalue weighted by Crippen LogP contribution is 2.40. The number of amides is 2. The van der Waals surface area contributed by atoms with Crippen molar-refractivity contribution < 1.29 is 14.0 Å². The highest BCUT2D eigenvalue weighted by Gasteiger charge is 2.36. The number of hydrogen-bond donors (Lipinski definition) is 2. The van der Waals surface area contributed by atoms with Crippen molar-refractivity contribution in [2.45, 2.75) is 43.9 Å². The molecule has 0 radical (unpaired) electrons. The smallest absolute Gasteiger partial charge is 0.226 e. The average molecular weight is 376 g/mol. The Labute approximate surface area is 155 Å². The molecular formula is C18H21FN4O2S. The predicted molar refractivity (Wildman–Crippen MR) is 97.3 cm³/mol. The first-order chi connectivity index (χ1) is 12.6. The number of aromatic nitrogens is 2. The molecule has 2 N–H and O–H groups in total. The average Bonchev–Trinajstić information content (AvgIpc) is 3.31. The van der Waals surface area contributed by atoms with Crippen molar-refractivity contribution in [1.29, 1.82) is 0 Å². The summed E-state index contributed by atoms with van der Waals surface area (Å²) in [5, 5.41) is 13.3. The molecule has 2 amide bonds. The monoisotopic (exact) mass is 376 g/mol. The van der Waals surface area contributed by atoms with E-state index in [1.54, 1.807) is 12.1 Å². The fourth-order valence-corrected chi connectivity index (χ4v) is 3.89. The fourth-order valence-electron chi connectivity index (χ4n) is 3.43. The van der Waals surface area contributed by atoms with Crippen LogP contribution in [0, 0.1) is 5.82 Å². The van der Waals surface area contributed by atoms with Crippen LogP contribution in [0.2, 0.25) is 0 Å². The SMILES string of the molecule is O=C(CCC(=O)Nc1nncs1)NCC1(c2cccc(F)c2)CCCC1. The van der Waals surface area contributed by atoms with Gasteiger partial charge < -0.3 is 10.6 Å². The van der Waals surface area contributed by atoms with Crippen molar-refractivity contribution in [3.63, 3.8) is 0 Å². The van der Waals surface area contributed by atoms with Gasteiger partial charge in [0.1, 0.15) is 11.3 Å². The highest BCUT2D eigenvalue weighted by atomic mass is 32.1. The summed E-state index contributed by atoms with van der Waals surface area (Å²) in [5.41, 5.74) is 2.24. The van der Waals surface area contributed by atoms with Crippen LogP contribution in [0.25, 0.3) is 0 Å². The van der Waals surface area contributed by atoms with E-state index in [-0.39, 0.29) is 35.9 Å². The number of carbonyl (C=O) groups is 2. The number of rotatable bonds is 7. The lowest BCUT2D eigenvalue weighted by atomic mass is 9.78. The Hall–Kier alpha value is -2.35. The van der Waals surface area contributed by atoms with Crippen LogP contribution in [-0.2, 0) is 15.0 Å². The zero-order valence-corrected chi connectivity index (χ0v) is 15.2. The minimum Gasteiger partial charge on any atom is -0.355 e. The summed E-state index contributed by atoms with van der Waals surface area (Å²) in [7, 11) is 0. The van der Waals surface area contributed by atoms with Gasteiger partial charge in [-0.05, 0) is 30.5 Å². The summed E-state index contributed by atoms with van der Waals surface area (Å²) in [6, 6.07) is 6.63. The molecule has 1 heterocycles. The van der Waals surface area contributed by atoms with E-state index in [1.807, 2.05) is 6.07 Å². The Balaban J connectivity index is 1.51. The number of nitrogens with zero attached hydrogens (tertiary/aromatic N) is 2. The van der Waals surface area contributed by atoms with Crippen molar-refractivity contribution in [1.82, 2.24) is 15.5 Å². The maximum Gasteiger partial charge on any atom is 0.226 e. The number of carbonyl (C=O) groups excluding carboxylic acids is 2. The second kappa shape index (κ2) is 8.35. The molecule has 0 spiro atoms. The molecule has 26 heavy (non-hydrogen) atoms. The first kappa shape index (κ1) is 18.4. The molecule has 1 aliphatic rings. The van der Waals surface area contributed by atoms with E-state index in [0.29, 0.717) is 11.7 Å². The Bertz CT molecular complexity index is 760. The van der Waals surface area contributed by atoms with Crippen LogP contribution in [0.15, 0.2) is 29.8 Å². The molecule has 0 atom stereocenters. The van der Waals surface area contributed by atoms with Gasteiger partial charge in [-0.3, -0.25) is 9.59 Å². The topological polar surface area (TPSA) is 84.0 Å². The van der Waals surface area contributed by atoms with E-state index in [1.165, 1.54) is 22.9 Å². The van der Waals surface area contributed by atoms with Gasteiger partial charge in [-0.2, -0.15) is 0 Å². The van der Waals surface area contributed by atoms with Crippen LogP contribution in [0.1, 0.15) is 44.1 Å². The van der Waals surface area contributed by atoms with E-state index >= 15 is 0 Å². The highest BCUT2D eigenvalue weighted by molar-refractivity contribution is 7.13. The molecule has 6 nitrogen and oxygen atoms in total. The van der Waals surface area contributed by atoms with Crippen LogP contribution in [0.3, 0.4) is 0 Å². The fraction of sp³-hybridized carbons (Fsp3) is 0.444. The Morgan fingerprint density at radius 2 is 1.96 bits per heavy atom. The van der Waals surface area contributed by atoms with Crippen LogP contribution in [-0.4, -0.2) is 28.6 Å². The van der Waals surface area contributed by atoms with Gasteiger partial charge in [0.15, 0.2) is 0 Å². The minimum atomic E-state index is -0.266. The predicted octanol–water partition coefficient (Wildman–Crippen LogP) is 3.02. The van der Waals surface area contributed by atoms with Gasteiger partial charge in [0.25, 0.3) is 0 Å². The lowest BCUT2D eigenvalue weighted by Crippen LogP contribution is -2.39. The van der Waals surface area contributed by atoms with Gasteiger partial charge in [0.2, 0.25) is 16.9 Å². The first-order valence-electron chi connectivity index (χ1n) is 8.66. The minimum absolute atomic E-state index is 0.0817. The number of hydrogen-bond acceptors (Lipinski definition) is 5. The van der Waals surface area contributed by atoms with Crippen molar-refractivity contribution >= 4 is 28.3 Å². The van der Waals surface area contributed by atoms with Crippen molar-refractivity contribution in [3.8, 4) is 0 Å². The van der Waals surface area contributed by atoms with Gasteiger partial charge in [-0.1, -0.05) is 36.3 Å². The van der Waals surface area contributed by atoms with Crippen molar-refractivity contribution in [2.75, 3.05) is 11.9 Å². The Kier molecular flexibility index (Phi) is 5.92. The molecule has 1 aromatic carbocycles. The molecule has 0 unspecified atom stereocenters. The third-order valence-electron chi connectivity index (χ3n) is 4.81. The largest absolute Gasteiger partial charge is 0.355 e. The van der Waals surface area contributed by atoms with Gasteiger partial charge in [-0.25, -0.2) is 4.39 Å². The van der Waals surface area contributed by atoms with Crippen LogP contribution >= 0.6 is 11.3 Å². The summed E-state index contributed by atoms with van der Waals surface area (Å²) in [5.74, 6) is -0.703. The van der Waals surface area contributed by atoms with E-state index in [9.17, 15) is 14.0 Å². The second-order valence-electron chi connectivity index (χ2n) is 6.57. The van der Waals surface area contributed by atoms with Crippen LogP contribution in [0.5, 0.6) is 0 Å². The summed E-state index contributed by atoms with van der Waals surface area (Å²) in [6.45, 7) is 0.466. The molecule has 2 aromatic rings. The summed E-state index contributed by atoms with van der Waals surface area (Å²) >= 11 is 1.23. The quantitative estimate of drug-likeness (QED) is 0.778. The maximum atomic E-state index is 13.6. The van der Waals surface area contributed by atoms with E-state index < -0.39 is 0 Å². The number of benzene rings is 1. The molecule has 1 saturated carbocycles. The van der Waals surface area contributed by atoms with E-state index in [2.05, 4.69) is 20.8 Å². The molecule has 8 heteroatoms. The third kappa shape index (κ3) is 4.63. The molecule has 138 valence electrons. The lowest BCUT2D eigenvalue weighted by molar-refractivity contribution is -0.124. The molecule has 0 bridgehead atoms. The first-order valence-corrected chi connectivity index (χ1v) is 9.54. The second-order valence-corrected chi connectivity index (χ2v) is 7.40. The van der Waals surface area contributed by atoms with E-state index in [4.69, 9.17) is 0 Å². The molecule has 0 aliphatic heterocycles. The maximum absolute atomic E-state index is 13.6. The standard InChI is InChI=1S/C18H21FN4O2S/c19-14-5-3-4-13(10-14)18(8-1-2-9-18)11-20-15(24)6-7-16(25)22-17-23-21-12-26-17/h3-5,10,12H,1-2,6-9,11H2,(H,20,24)(H,22,23,25). The molecular weight excluding hydrogens is 355 g/mol. The molecule has 0 saturated heterocycles. The number of anilines is 1. The number of nitrogens with one attached hydrogen (secondary N) is 2. The molecule has 3 rings (SSSR count). The third-order valence-corrected chi connectivity index (χ3v) is 5.41.